The molecular weight excluding hydrogens is 318 g/mol. The fourth-order valence-corrected chi connectivity index (χ4v) is 2.21. The van der Waals surface area contributed by atoms with Crippen LogP contribution >= 0.6 is 15.9 Å². The third-order valence-electron chi connectivity index (χ3n) is 3.00. The van der Waals surface area contributed by atoms with Gasteiger partial charge in [-0.05, 0) is 42.3 Å². The lowest BCUT2D eigenvalue weighted by Gasteiger charge is -2.09. The molecule has 104 valence electrons. The Hall–Kier alpha value is -1.81. The van der Waals surface area contributed by atoms with E-state index in [-0.39, 0.29) is 5.91 Å². The fraction of sp³-hybridized carbons (Fsp3) is 0.188. The van der Waals surface area contributed by atoms with Crippen molar-refractivity contribution in [1.29, 1.82) is 0 Å². The van der Waals surface area contributed by atoms with Crippen LogP contribution in [0.3, 0.4) is 0 Å². The number of rotatable bonds is 4. The molecule has 20 heavy (non-hydrogen) atoms. The molecule has 0 heterocycles. The Morgan fingerprint density at radius 1 is 1.20 bits per heavy atom. The highest BCUT2D eigenvalue weighted by Gasteiger charge is 2.06. The number of halogens is 1. The first-order valence-electron chi connectivity index (χ1n) is 6.27. The predicted molar refractivity (Wildman–Crippen MR) is 84.2 cm³/mol. The van der Waals surface area contributed by atoms with Crippen molar-refractivity contribution in [1.82, 2.24) is 0 Å². The summed E-state index contributed by atoms with van der Waals surface area (Å²) in [5.41, 5.74) is 2.82. The number of amides is 1. The van der Waals surface area contributed by atoms with Crippen molar-refractivity contribution >= 4 is 27.5 Å². The lowest BCUT2D eigenvalue weighted by atomic mass is 10.1. The normalized spacial score (nSPS) is 10.2. The zero-order valence-electron chi connectivity index (χ0n) is 11.4. The maximum Gasteiger partial charge on any atom is 0.228 e. The highest BCUT2D eigenvalue weighted by molar-refractivity contribution is 9.10. The molecule has 1 N–H and O–H groups in total. The molecule has 0 radical (unpaired) electrons. The fourth-order valence-electron chi connectivity index (χ4n) is 1.85. The highest BCUT2D eigenvalue weighted by atomic mass is 79.9. The van der Waals surface area contributed by atoms with Gasteiger partial charge < -0.3 is 10.1 Å². The van der Waals surface area contributed by atoms with Gasteiger partial charge in [-0.15, -0.1) is 0 Å². The smallest absolute Gasteiger partial charge is 0.228 e. The molecule has 0 saturated carbocycles. The zero-order valence-corrected chi connectivity index (χ0v) is 13.0. The molecule has 0 spiro atoms. The quantitative estimate of drug-likeness (QED) is 0.919. The van der Waals surface area contributed by atoms with E-state index in [1.54, 1.807) is 7.11 Å². The van der Waals surface area contributed by atoms with E-state index in [1.165, 1.54) is 0 Å². The van der Waals surface area contributed by atoms with E-state index in [0.29, 0.717) is 6.42 Å². The van der Waals surface area contributed by atoms with Gasteiger partial charge in [0.2, 0.25) is 5.91 Å². The second kappa shape index (κ2) is 6.57. The molecule has 0 bridgehead atoms. The summed E-state index contributed by atoms with van der Waals surface area (Å²) in [5.74, 6) is 0.758. The van der Waals surface area contributed by atoms with Gasteiger partial charge >= 0.3 is 0 Å². The first-order valence-corrected chi connectivity index (χ1v) is 7.06. The van der Waals surface area contributed by atoms with Crippen molar-refractivity contribution in [3.05, 3.63) is 58.1 Å². The van der Waals surface area contributed by atoms with Gasteiger partial charge in [0, 0.05) is 10.2 Å². The first kappa shape index (κ1) is 14.6. The van der Waals surface area contributed by atoms with Gasteiger partial charge in [-0.3, -0.25) is 4.79 Å². The van der Waals surface area contributed by atoms with Gasteiger partial charge in [0.25, 0.3) is 0 Å². The van der Waals surface area contributed by atoms with Crippen molar-refractivity contribution in [3.8, 4) is 5.75 Å². The summed E-state index contributed by atoms with van der Waals surface area (Å²) in [6, 6.07) is 13.3. The molecule has 0 aliphatic rings. The van der Waals surface area contributed by atoms with Crippen molar-refractivity contribution in [3.63, 3.8) is 0 Å². The second-order valence-electron chi connectivity index (χ2n) is 4.53. The van der Waals surface area contributed by atoms with Gasteiger partial charge in [0.05, 0.1) is 13.5 Å². The third kappa shape index (κ3) is 3.84. The molecule has 0 unspecified atom stereocenters. The molecule has 0 fully saturated rings. The second-order valence-corrected chi connectivity index (χ2v) is 5.45. The number of anilines is 1. The molecule has 3 nitrogen and oxygen atoms in total. The largest absolute Gasteiger partial charge is 0.497 e. The Morgan fingerprint density at radius 3 is 2.55 bits per heavy atom. The number of nitrogens with one attached hydrogen (secondary N) is 1. The molecule has 0 aliphatic carbocycles. The molecule has 0 atom stereocenters. The van der Waals surface area contributed by atoms with E-state index in [2.05, 4.69) is 21.2 Å². The van der Waals surface area contributed by atoms with Crippen LogP contribution in [0.1, 0.15) is 11.1 Å². The van der Waals surface area contributed by atoms with E-state index in [4.69, 9.17) is 4.74 Å². The third-order valence-corrected chi connectivity index (χ3v) is 3.49. The van der Waals surface area contributed by atoms with Gasteiger partial charge in [0.1, 0.15) is 5.75 Å². The summed E-state index contributed by atoms with van der Waals surface area (Å²) in [6.45, 7) is 1.97. The summed E-state index contributed by atoms with van der Waals surface area (Å²) in [4.78, 5) is 12.0. The van der Waals surface area contributed by atoms with Crippen LogP contribution in [-0.4, -0.2) is 13.0 Å². The minimum atomic E-state index is -0.0311. The lowest BCUT2D eigenvalue weighted by molar-refractivity contribution is -0.115. The summed E-state index contributed by atoms with van der Waals surface area (Å²) in [5, 5.41) is 2.93. The van der Waals surface area contributed by atoms with Crippen LogP contribution in [0.4, 0.5) is 5.69 Å². The predicted octanol–water partition coefficient (Wildman–Crippen LogP) is 3.95. The number of methoxy groups -OCH3 is 1. The molecule has 0 aliphatic heterocycles. The van der Waals surface area contributed by atoms with Crippen LogP contribution < -0.4 is 10.1 Å². The van der Waals surface area contributed by atoms with Gasteiger partial charge in [-0.25, -0.2) is 0 Å². The van der Waals surface area contributed by atoms with Crippen LogP contribution in [-0.2, 0) is 11.2 Å². The number of aryl methyl sites for hydroxylation is 1. The number of carbonyl (C=O) groups is 1. The number of ether oxygens (including phenoxy) is 1. The number of hydrogen-bond donors (Lipinski definition) is 1. The summed E-state index contributed by atoms with van der Waals surface area (Å²) >= 11 is 3.40. The van der Waals surface area contributed by atoms with Gasteiger partial charge in [0.15, 0.2) is 0 Å². The first-order chi connectivity index (χ1) is 9.58. The van der Waals surface area contributed by atoms with Crippen molar-refractivity contribution in [2.75, 3.05) is 12.4 Å². The van der Waals surface area contributed by atoms with Crippen molar-refractivity contribution < 1.29 is 9.53 Å². The molecule has 2 rings (SSSR count). The molecule has 0 saturated heterocycles. The van der Waals surface area contributed by atoms with E-state index >= 15 is 0 Å². The molecule has 2 aromatic carbocycles. The maximum absolute atomic E-state index is 12.0. The Labute approximate surface area is 127 Å². The molecule has 0 aromatic heterocycles. The summed E-state index contributed by atoms with van der Waals surface area (Å²) < 4.78 is 6.04. The summed E-state index contributed by atoms with van der Waals surface area (Å²) in [6.07, 6.45) is 0.343. The molecular formula is C16H16BrNO2. The Bertz CT molecular complexity index is 608. The van der Waals surface area contributed by atoms with Gasteiger partial charge in [-0.1, -0.05) is 34.1 Å². The van der Waals surface area contributed by atoms with Crippen molar-refractivity contribution in [2.45, 2.75) is 13.3 Å². The Kier molecular flexibility index (Phi) is 4.79. The molecule has 4 heteroatoms. The van der Waals surface area contributed by atoms with Crippen molar-refractivity contribution in [2.24, 2.45) is 0 Å². The maximum atomic E-state index is 12.0. The summed E-state index contributed by atoms with van der Waals surface area (Å²) in [7, 11) is 1.62. The number of benzene rings is 2. The van der Waals surface area contributed by atoms with E-state index in [9.17, 15) is 4.79 Å². The van der Waals surface area contributed by atoms with Crippen LogP contribution in [0.15, 0.2) is 46.9 Å². The average Bonchev–Trinajstić information content (AvgIpc) is 2.43. The van der Waals surface area contributed by atoms with E-state index in [0.717, 1.165) is 27.0 Å². The molecule has 1 amide bonds. The van der Waals surface area contributed by atoms with Crippen LogP contribution in [0.2, 0.25) is 0 Å². The zero-order chi connectivity index (χ0) is 14.5. The number of carbonyl (C=O) groups excluding carboxylic acids is 1. The highest BCUT2D eigenvalue weighted by Crippen LogP contribution is 2.21. The lowest BCUT2D eigenvalue weighted by Crippen LogP contribution is -2.15. The standard InChI is InChI=1S/C16H16BrNO2/c1-11-3-6-13(17)10-15(11)18-16(19)9-12-4-7-14(20-2)8-5-12/h3-8,10H,9H2,1-2H3,(H,18,19). The van der Waals surface area contributed by atoms with Crippen LogP contribution in [0, 0.1) is 6.92 Å². The van der Waals surface area contributed by atoms with E-state index in [1.807, 2.05) is 49.4 Å². The monoisotopic (exact) mass is 333 g/mol. The Morgan fingerprint density at radius 2 is 1.90 bits per heavy atom. The van der Waals surface area contributed by atoms with E-state index < -0.39 is 0 Å². The molecule has 2 aromatic rings. The Balaban J connectivity index is 2.03. The number of hydrogen-bond acceptors (Lipinski definition) is 2. The minimum absolute atomic E-state index is 0.0311. The van der Waals surface area contributed by atoms with Gasteiger partial charge in [-0.2, -0.15) is 0 Å². The van der Waals surface area contributed by atoms with Crippen LogP contribution in [0.5, 0.6) is 5.75 Å². The van der Waals surface area contributed by atoms with Crippen LogP contribution in [0.25, 0.3) is 0 Å². The SMILES string of the molecule is COc1ccc(CC(=O)Nc2cc(Br)ccc2C)cc1. The topological polar surface area (TPSA) is 38.3 Å². The average molecular weight is 334 g/mol. The minimum Gasteiger partial charge on any atom is -0.497 e.